The minimum atomic E-state index is -0.988. The van der Waals surface area contributed by atoms with Gasteiger partial charge in [0.05, 0.1) is 12.0 Å². The number of esters is 2. The van der Waals surface area contributed by atoms with E-state index in [1.54, 1.807) is 0 Å². The van der Waals surface area contributed by atoms with E-state index in [1.807, 2.05) is 13.8 Å². The van der Waals surface area contributed by atoms with Gasteiger partial charge in [0.15, 0.2) is 5.76 Å². The number of allylic oxidation sites excluding steroid dienone is 1. The van der Waals surface area contributed by atoms with Gasteiger partial charge in [-0.25, -0.2) is 4.79 Å². The number of carbonyl (C=O) groups is 4. The summed E-state index contributed by atoms with van der Waals surface area (Å²) in [5, 5.41) is 0. The molecular weight excluding hydrogens is 404 g/mol. The van der Waals surface area contributed by atoms with Crippen LogP contribution in [0.15, 0.2) is 21.8 Å². The van der Waals surface area contributed by atoms with Gasteiger partial charge in [-0.05, 0) is 18.9 Å². The maximum atomic E-state index is 13.7. The molecule has 4 aliphatic rings. The van der Waals surface area contributed by atoms with Crippen LogP contribution in [-0.2, 0) is 29.2 Å². The molecule has 2 heterocycles. The number of furan rings is 1. The summed E-state index contributed by atoms with van der Waals surface area (Å²) in [6, 6.07) is 0. The summed E-state index contributed by atoms with van der Waals surface area (Å²) in [7, 11) is 1.50. The molecule has 0 radical (unpaired) electrons. The zero-order valence-corrected chi connectivity index (χ0v) is 17.9. The number of ketones is 2. The van der Waals surface area contributed by atoms with Crippen LogP contribution in [0, 0.1) is 11.3 Å². The van der Waals surface area contributed by atoms with Crippen LogP contribution in [0.5, 0.6) is 0 Å². The van der Waals surface area contributed by atoms with Crippen molar-refractivity contribution in [3.63, 3.8) is 0 Å². The molecule has 3 aliphatic carbocycles. The lowest BCUT2D eigenvalue weighted by Crippen LogP contribution is -2.57. The molecule has 164 valence electrons. The highest BCUT2D eigenvalue weighted by atomic mass is 16.6. The Balaban J connectivity index is 1.82. The van der Waals surface area contributed by atoms with Gasteiger partial charge in [0.25, 0.3) is 0 Å². The molecule has 0 amide bonds. The maximum Gasteiger partial charge on any atom is 0.342 e. The number of Topliss-reactive ketones (excluding diaryl/α,β-unsaturated/α-hetero) is 2. The number of hydrogen-bond donors (Lipinski definition) is 0. The highest BCUT2D eigenvalue weighted by molar-refractivity contribution is 6.14. The van der Waals surface area contributed by atoms with Gasteiger partial charge >= 0.3 is 11.9 Å². The van der Waals surface area contributed by atoms with Crippen molar-refractivity contribution in [3.8, 4) is 0 Å². The highest BCUT2D eigenvalue weighted by Gasteiger charge is 2.64. The lowest BCUT2D eigenvalue weighted by atomic mass is 9.54. The normalized spacial score (nSPS) is 36.0. The molecule has 1 aromatic heterocycles. The van der Waals surface area contributed by atoms with Gasteiger partial charge in [0.2, 0.25) is 5.78 Å². The van der Waals surface area contributed by atoms with Crippen molar-refractivity contribution >= 4 is 23.5 Å². The Morgan fingerprint density at radius 3 is 2.68 bits per heavy atom. The monoisotopic (exact) mass is 428 g/mol. The van der Waals surface area contributed by atoms with Gasteiger partial charge in [-0.1, -0.05) is 6.92 Å². The summed E-state index contributed by atoms with van der Waals surface area (Å²) in [4.78, 5) is 51.2. The van der Waals surface area contributed by atoms with E-state index in [-0.39, 0.29) is 41.8 Å². The summed E-state index contributed by atoms with van der Waals surface area (Å²) in [5.41, 5.74) is -0.0741. The largest absolute Gasteiger partial charge is 0.460 e. The summed E-state index contributed by atoms with van der Waals surface area (Å²) in [6.07, 6.45) is 0.906. The van der Waals surface area contributed by atoms with Crippen LogP contribution < -0.4 is 0 Å². The molecular formula is C23H24O8. The average molecular weight is 428 g/mol. The van der Waals surface area contributed by atoms with Crippen molar-refractivity contribution in [1.29, 1.82) is 0 Å². The number of cyclic esters (lactones) is 1. The molecule has 0 bridgehead atoms. The molecule has 1 aliphatic heterocycles. The van der Waals surface area contributed by atoms with E-state index in [2.05, 4.69) is 0 Å². The molecule has 5 rings (SSSR count). The van der Waals surface area contributed by atoms with Crippen molar-refractivity contribution in [2.75, 3.05) is 13.7 Å². The predicted octanol–water partition coefficient (Wildman–Crippen LogP) is 2.54. The second-order valence-corrected chi connectivity index (χ2v) is 9.30. The lowest BCUT2D eigenvalue weighted by molar-refractivity contribution is -0.149. The molecule has 8 heteroatoms. The minimum absolute atomic E-state index is 0.0635. The fourth-order valence-corrected chi connectivity index (χ4v) is 6.28. The highest BCUT2D eigenvalue weighted by Crippen LogP contribution is 2.61. The van der Waals surface area contributed by atoms with Crippen LogP contribution in [0.3, 0.4) is 0 Å². The van der Waals surface area contributed by atoms with E-state index < -0.39 is 35.0 Å². The summed E-state index contributed by atoms with van der Waals surface area (Å²) in [6.45, 7) is 5.11. The van der Waals surface area contributed by atoms with E-state index in [0.717, 1.165) is 0 Å². The Hall–Kier alpha value is -2.74. The summed E-state index contributed by atoms with van der Waals surface area (Å²) >= 11 is 0. The fraction of sp³-hybridized carbons (Fsp3) is 0.565. The summed E-state index contributed by atoms with van der Waals surface area (Å²) < 4.78 is 22.4. The average Bonchev–Trinajstić information content (AvgIpc) is 3.27. The zero-order valence-electron chi connectivity index (χ0n) is 17.9. The Bertz CT molecular complexity index is 1080. The first kappa shape index (κ1) is 20.2. The number of ether oxygens (including phenoxy) is 3. The Morgan fingerprint density at radius 1 is 1.26 bits per heavy atom. The Labute approximate surface area is 178 Å². The molecule has 1 aromatic rings. The quantitative estimate of drug-likeness (QED) is 0.676. The maximum absolute atomic E-state index is 13.7. The number of carbonyl (C=O) groups excluding carboxylic acids is 4. The first-order chi connectivity index (χ1) is 14.6. The molecule has 0 spiro atoms. The standard InChI is InChI=1S/C23H24O8/c1-10(24)30-13-7-22(2)12(5-6-14(22)25)16-18(13)23(3)15(9-28-4)31-21(27)11-8-29-20(17(11)23)19(16)26/h8,12-13,15H,5-7,9H2,1-4H3/t12-,13+,15-,22-,23+/m0/s1. The van der Waals surface area contributed by atoms with Crippen LogP contribution in [0.2, 0.25) is 0 Å². The first-order valence-corrected chi connectivity index (χ1v) is 10.5. The van der Waals surface area contributed by atoms with Gasteiger partial charge in [-0.2, -0.15) is 0 Å². The Kier molecular flexibility index (Phi) is 4.16. The third kappa shape index (κ3) is 2.39. The van der Waals surface area contributed by atoms with Gasteiger partial charge in [0.1, 0.15) is 29.8 Å². The number of rotatable bonds is 3. The molecule has 8 nitrogen and oxygen atoms in total. The van der Waals surface area contributed by atoms with E-state index in [1.165, 1.54) is 20.3 Å². The molecule has 0 unspecified atom stereocenters. The van der Waals surface area contributed by atoms with Crippen LogP contribution in [0.25, 0.3) is 0 Å². The number of hydrogen-bond acceptors (Lipinski definition) is 8. The van der Waals surface area contributed by atoms with Crippen molar-refractivity contribution in [2.24, 2.45) is 11.3 Å². The first-order valence-electron chi connectivity index (χ1n) is 10.5. The Morgan fingerprint density at radius 2 is 2.00 bits per heavy atom. The van der Waals surface area contributed by atoms with E-state index >= 15 is 0 Å². The third-order valence-electron chi connectivity index (χ3n) is 7.70. The fourth-order valence-electron chi connectivity index (χ4n) is 6.28. The lowest BCUT2D eigenvalue weighted by Gasteiger charge is -2.51. The molecule has 5 atom stereocenters. The van der Waals surface area contributed by atoms with E-state index in [0.29, 0.717) is 29.6 Å². The number of fused-ring (bicyclic) bond motifs is 3. The van der Waals surface area contributed by atoms with Gasteiger partial charge in [-0.3, -0.25) is 14.4 Å². The second-order valence-electron chi connectivity index (χ2n) is 9.30. The SMILES string of the molecule is COC[C@@H]1OC(=O)c2coc3c2[C@]1(C)C1=C(C3=O)[C@@H]2CCC(=O)[C@@]2(C)C[C@H]1OC(C)=O. The van der Waals surface area contributed by atoms with Crippen molar-refractivity contribution in [1.82, 2.24) is 0 Å². The molecule has 0 saturated heterocycles. The summed E-state index contributed by atoms with van der Waals surface area (Å²) in [5.74, 6) is -1.58. The molecule has 0 N–H and O–H groups in total. The zero-order chi connectivity index (χ0) is 22.3. The third-order valence-corrected chi connectivity index (χ3v) is 7.70. The van der Waals surface area contributed by atoms with Crippen molar-refractivity contribution < 1.29 is 37.8 Å². The predicted molar refractivity (Wildman–Crippen MR) is 105 cm³/mol. The van der Waals surface area contributed by atoms with E-state index in [4.69, 9.17) is 18.6 Å². The van der Waals surface area contributed by atoms with Crippen LogP contribution in [0.1, 0.15) is 66.5 Å². The van der Waals surface area contributed by atoms with E-state index in [9.17, 15) is 19.2 Å². The van der Waals surface area contributed by atoms with Gasteiger partial charge in [0, 0.05) is 49.3 Å². The number of methoxy groups -OCH3 is 1. The van der Waals surface area contributed by atoms with Crippen LogP contribution >= 0.6 is 0 Å². The van der Waals surface area contributed by atoms with Crippen molar-refractivity contribution in [2.45, 2.75) is 57.7 Å². The smallest absolute Gasteiger partial charge is 0.342 e. The topological polar surface area (TPSA) is 109 Å². The second kappa shape index (κ2) is 6.38. The minimum Gasteiger partial charge on any atom is -0.460 e. The van der Waals surface area contributed by atoms with Crippen molar-refractivity contribution in [3.05, 3.63) is 34.3 Å². The van der Waals surface area contributed by atoms with Gasteiger partial charge in [-0.15, -0.1) is 0 Å². The molecule has 31 heavy (non-hydrogen) atoms. The van der Waals surface area contributed by atoms with Gasteiger partial charge < -0.3 is 18.6 Å². The van der Waals surface area contributed by atoms with Crippen LogP contribution in [-0.4, -0.2) is 49.4 Å². The van der Waals surface area contributed by atoms with Crippen LogP contribution in [0.4, 0.5) is 0 Å². The molecule has 1 fully saturated rings. The molecule has 1 saturated carbocycles. The molecule has 0 aromatic carbocycles.